The average Bonchev–Trinajstić information content (AvgIpc) is 3.91. The number of aromatic nitrogens is 2. The van der Waals surface area contributed by atoms with Crippen molar-refractivity contribution < 1.29 is 58.6 Å². The molecule has 3 aromatic carbocycles. The van der Waals surface area contributed by atoms with Crippen LogP contribution >= 0.6 is 11.6 Å². The van der Waals surface area contributed by atoms with Crippen molar-refractivity contribution >= 4 is 77.4 Å². The number of anilines is 2. The SMILES string of the molecule is CC(C)(C)OC(=O)N1CCN(C(=O)[C@]2(C)CCC(c3ccc(Cl)cc3)=C(CN3CCN(c4ccc(C(=O)NS(=O)(=O)c5ccc(NCCCN6CCOCC6)c(S(=O)(=O)C(F)(F)F)c5)c(Oc5cnc6[nH]ccc6c5)c4)CC3)C2)CC1. The Labute approximate surface area is 474 Å². The number of hydrogen-bond acceptors (Lipinski definition) is 15. The molecule has 5 heterocycles. The smallest absolute Gasteiger partial charge is 0.455 e. The van der Waals surface area contributed by atoms with Crippen molar-refractivity contribution in [3.8, 4) is 11.5 Å². The third-order valence-corrected chi connectivity index (χ3v) is 18.1. The Morgan fingerprint density at radius 1 is 0.840 bits per heavy atom. The molecule has 1 aliphatic carbocycles. The van der Waals surface area contributed by atoms with E-state index in [1.54, 1.807) is 35.4 Å². The van der Waals surface area contributed by atoms with Gasteiger partial charge in [0.1, 0.15) is 27.6 Å². The van der Waals surface area contributed by atoms with Crippen molar-refractivity contribution in [3.63, 3.8) is 0 Å². The van der Waals surface area contributed by atoms with Crippen LogP contribution in [0, 0.1) is 5.41 Å². The van der Waals surface area contributed by atoms with Crippen LogP contribution in [-0.2, 0) is 34.1 Å². The van der Waals surface area contributed by atoms with Gasteiger partial charge in [0.25, 0.3) is 25.8 Å². The molecule has 25 heteroatoms. The van der Waals surface area contributed by atoms with Gasteiger partial charge >= 0.3 is 11.6 Å². The van der Waals surface area contributed by atoms with E-state index in [0.717, 1.165) is 23.3 Å². The molecule has 0 unspecified atom stereocenters. The van der Waals surface area contributed by atoms with Gasteiger partial charge in [0.05, 0.1) is 41.0 Å². The number of fused-ring (bicyclic) bond motifs is 1. The van der Waals surface area contributed by atoms with Gasteiger partial charge in [0.15, 0.2) is 0 Å². The number of morpholine rings is 1. The molecule has 0 radical (unpaired) electrons. The summed E-state index contributed by atoms with van der Waals surface area (Å²) in [4.78, 5) is 56.6. The minimum absolute atomic E-state index is 0.0544. The summed E-state index contributed by atoms with van der Waals surface area (Å²) >= 11 is 6.33. The highest BCUT2D eigenvalue weighted by atomic mass is 35.5. The molecular formula is C56H67ClF3N9O10S2. The monoisotopic (exact) mass is 1180 g/mol. The average molecular weight is 1180 g/mol. The number of halogens is 4. The Bertz CT molecular complexity index is 3390. The number of rotatable bonds is 16. The Morgan fingerprint density at radius 2 is 1.54 bits per heavy atom. The fraction of sp³-hybridized carbons (Fsp3) is 0.464. The van der Waals surface area contributed by atoms with E-state index in [2.05, 4.69) is 30.0 Å². The molecule has 0 bridgehead atoms. The number of carbonyl (C=O) groups is 3. The molecule has 3 N–H and O–H groups in total. The number of H-pyrrole nitrogens is 1. The summed E-state index contributed by atoms with van der Waals surface area (Å²) in [7, 11) is -11.1. The number of piperazine rings is 2. The minimum atomic E-state index is -6.08. The first-order valence-electron chi connectivity index (χ1n) is 26.9. The number of nitrogens with zero attached hydrogens (tertiary/aromatic N) is 6. The number of sulfone groups is 1. The minimum Gasteiger partial charge on any atom is -0.455 e. The predicted molar refractivity (Wildman–Crippen MR) is 301 cm³/mol. The molecule has 0 spiro atoms. The number of ether oxygens (including phenoxy) is 3. The van der Waals surface area contributed by atoms with E-state index in [0.29, 0.717) is 145 Å². The predicted octanol–water partition coefficient (Wildman–Crippen LogP) is 8.40. The standard InChI is InChI=1S/C56H67ClF3N9O10S2/c1-54(2,3)79-53(72)69-26-24-68(25-27-69)52(71)55(4)16-14-45(38-6-8-41(57)9-7-38)40(35-55)37-66-20-22-67(23-21-66)42-10-12-46(48(33-42)78-43-32-39-15-18-62-50(39)63-36-43)51(70)64-81(75,76)44-11-13-47(49(34-44)80(73,74)56(58,59)60)61-17-5-19-65-28-30-77-31-29-65/h6-13,15,18,32-34,36,61H,5,14,16-17,19-31,35,37H2,1-4H3,(H,62,63)(H,64,70)/t55-/m1/s1. The van der Waals surface area contributed by atoms with Crippen molar-refractivity contribution in [2.75, 3.05) is 109 Å². The van der Waals surface area contributed by atoms with Gasteiger partial charge < -0.3 is 39.2 Å². The Hall–Kier alpha value is -6.44. The van der Waals surface area contributed by atoms with Gasteiger partial charge in [-0.2, -0.15) is 13.2 Å². The second-order valence-corrected chi connectivity index (χ2v) is 26.0. The summed E-state index contributed by atoms with van der Waals surface area (Å²) in [5, 5.41) is 4.02. The number of benzene rings is 3. The molecule has 1 atom stereocenters. The van der Waals surface area contributed by atoms with Gasteiger partial charge in [0.2, 0.25) is 5.91 Å². The molecule has 4 aliphatic rings. The number of nitrogens with one attached hydrogen (secondary N) is 3. The van der Waals surface area contributed by atoms with E-state index in [1.807, 2.05) is 61.6 Å². The number of sulfonamides is 1. The molecule has 3 saturated heterocycles. The summed E-state index contributed by atoms with van der Waals surface area (Å²) in [6, 6.07) is 18.0. The van der Waals surface area contributed by atoms with Crippen LogP contribution in [0.5, 0.6) is 11.5 Å². The normalized spacial score (nSPS) is 19.2. The summed E-state index contributed by atoms with van der Waals surface area (Å²) in [6.07, 6.45) is 5.00. The highest BCUT2D eigenvalue weighted by molar-refractivity contribution is 7.92. The maximum absolute atomic E-state index is 14.5. The fourth-order valence-electron chi connectivity index (χ4n) is 10.6. The molecular weight excluding hydrogens is 1120 g/mol. The van der Waals surface area contributed by atoms with E-state index in [1.165, 1.54) is 17.8 Å². The second kappa shape index (κ2) is 24.2. The lowest BCUT2D eigenvalue weighted by Crippen LogP contribution is -2.55. The van der Waals surface area contributed by atoms with Crippen LogP contribution in [0.3, 0.4) is 0 Å². The number of carbonyl (C=O) groups excluding carboxylic acids is 3. The van der Waals surface area contributed by atoms with Crippen LogP contribution in [0.4, 0.5) is 29.3 Å². The van der Waals surface area contributed by atoms with Crippen LogP contribution < -0.4 is 19.7 Å². The molecule has 3 amide bonds. The molecule has 436 valence electrons. The van der Waals surface area contributed by atoms with Crippen LogP contribution in [0.2, 0.25) is 5.02 Å². The number of aromatic amines is 1. The zero-order valence-electron chi connectivity index (χ0n) is 45.6. The maximum Gasteiger partial charge on any atom is 0.501 e. The maximum atomic E-state index is 14.5. The van der Waals surface area contributed by atoms with Crippen LogP contribution in [-0.4, -0.2) is 174 Å². The summed E-state index contributed by atoms with van der Waals surface area (Å²) in [5.74, 6) is -1.000. The molecule has 3 aliphatic heterocycles. The zero-order chi connectivity index (χ0) is 57.9. The van der Waals surface area contributed by atoms with Crippen LogP contribution in [0.1, 0.15) is 69.3 Å². The van der Waals surface area contributed by atoms with E-state index in [4.69, 9.17) is 25.8 Å². The Morgan fingerprint density at radius 3 is 2.23 bits per heavy atom. The van der Waals surface area contributed by atoms with Gasteiger partial charge in [-0.15, -0.1) is 0 Å². The number of hydrogen-bond donors (Lipinski definition) is 3. The first-order valence-corrected chi connectivity index (χ1v) is 30.2. The molecule has 3 fully saturated rings. The summed E-state index contributed by atoms with van der Waals surface area (Å²) < 4.78 is 115. The van der Waals surface area contributed by atoms with E-state index < -0.39 is 63.9 Å². The number of pyridine rings is 1. The van der Waals surface area contributed by atoms with Crippen molar-refractivity contribution in [2.24, 2.45) is 5.41 Å². The molecule has 19 nitrogen and oxygen atoms in total. The van der Waals surface area contributed by atoms with E-state index >= 15 is 0 Å². The van der Waals surface area contributed by atoms with Gasteiger partial charge in [-0.3, -0.25) is 19.4 Å². The van der Waals surface area contributed by atoms with Crippen LogP contribution in [0.15, 0.2) is 101 Å². The van der Waals surface area contributed by atoms with E-state index in [-0.39, 0.29) is 29.5 Å². The highest BCUT2D eigenvalue weighted by Gasteiger charge is 2.49. The second-order valence-electron chi connectivity index (χ2n) is 22.0. The van der Waals surface area contributed by atoms with Crippen molar-refractivity contribution in [1.82, 2.24) is 34.3 Å². The summed E-state index contributed by atoms with van der Waals surface area (Å²) in [5.41, 5.74) is -3.23. The number of amides is 3. The lowest BCUT2D eigenvalue weighted by molar-refractivity contribution is -0.143. The quantitative estimate of drug-likeness (QED) is 0.0791. The van der Waals surface area contributed by atoms with Crippen molar-refractivity contribution in [1.29, 1.82) is 0 Å². The Kier molecular flexibility index (Phi) is 17.7. The highest BCUT2D eigenvalue weighted by Crippen LogP contribution is 2.45. The Balaban J connectivity index is 0.916. The molecule has 5 aromatic rings. The van der Waals surface area contributed by atoms with Crippen LogP contribution in [0.25, 0.3) is 16.6 Å². The van der Waals surface area contributed by atoms with Crippen molar-refractivity contribution in [2.45, 2.75) is 74.3 Å². The molecule has 0 saturated carbocycles. The fourth-order valence-corrected chi connectivity index (χ4v) is 12.8. The molecule has 2 aromatic heterocycles. The third-order valence-electron chi connectivity index (χ3n) is 15.0. The number of alkyl halides is 3. The van der Waals surface area contributed by atoms with Crippen molar-refractivity contribution in [3.05, 3.63) is 107 Å². The van der Waals surface area contributed by atoms with Gasteiger partial charge in [-0.1, -0.05) is 36.2 Å². The lowest BCUT2D eigenvalue weighted by Gasteiger charge is -2.43. The summed E-state index contributed by atoms with van der Waals surface area (Å²) in [6.45, 7) is 15.0. The zero-order valence-corrected chi connectivity index (χ0v) is 48.0. The van der Waals surface area contributed by atoms with E-state index in [9.17, 15) is 44.4 Å². The topological polar surface area (TPSA) is 216 Å². The third kappa shape index (κ3) is 14.1. The largest absolute Gasteiger partial charge is 0.501 e. The first kappa shape index (κ1) is 59.2. The van der Waals surface area contributed by atoms with Gasteiger partial charge in [-0.25, -0.2) is 31.3 Å². The number of allylic oxidation sites excluding steroid dienone is 1. The first-order chi connectivity index (χ1) is 38.4. The molecule has 9 rings (SSSR count). The lowest BCUT2D eigenvalue weighted by atomic mass is 9.70. The van der Waals surface area contributed by atoms with Gasteiger partial charge in [0, 0.05) is 107 Å². The van der Waals surface area contributed by atoms with Gasteiger partial charge in [-0.05, 0) is 119 Å². The molecule has 81 heavy (non-hydrogen) atoms.